The molecule has 2 rings (SSSR count). The summed E-state index contributed by atoms with van der Waals surface area (Å²) in [6.45, 7) is 1.76. The van der Waals surface area contributed by atoms with Gasteiger partial charge < -0.3 is 10.2 Å². The van der Waals surface area contributed by atoms with E-state index in [1.165, 1.54) is 25.7 Å². The van der Waals surface area contributed by atoms with Crippen molar-refractivity contribution in [1.82, 2.24) is 5.43 Å². The molecule has 1 N–H and O–H groups in total. The van der Waals surface area contributed by atoms with Gasteiger partial charge in [0, 0.05) is 24.8 Å². The summed E-state index contributed by atoms with van der Waals surface area (Å²) in [5, 5.41) is 4.28. The molecule has 0 aromatic rings. The molecule has 1 aliphatic heterocycles. The second-order valence-corrected chi connectivity index (χ2v) is 4.01. The molecule has 0 amide bonds. The molecule has 1 unspecified atom stereocenters. The van der Waals surface area contributed by atoms with E-state index in [4.69, 9.17) is 4.74 Å². The van der Waals surface area contributed by atoms with Gasteiger partial charge in [0.2, 0.25) is 0 Å². The maximum Gasteiger partial charge on any atom is 0.0545 e. The molecule has 2 aliphatic rings. The zero-order valence-electron chi connectivity index (χ0n) is 8.04. The summed E-state index contributed by atoms with van der Waals surface area (Å²) < 4.78 is 5.26. The monoisotopic (exact) mass is 182 g/mol. The summed E-state index contributed by atoms with van der Waals surface area (Å²) in [5.74, 6) is 0.550. The minimum absolute atomic E-state index is 0.550. The van der Waals surface area contributed by atoms with Crippen molar-refractivity contribution in [2.45, 2.75) is 38.1 Å². The van der Waals surface area contributed by atoms with Gasteiger partial charge in [0.1, 0.15) is 0 Å². The molecule has 1 saturated carbocycles. The van der Waals surface area contributed by atoms with E-state index in [1.807, 2.05) is 6.21 Å². The first kappa shape index (κ1) is 9.00. The number of nitrogens with zero attached hydrogens (tertiary/aromatic N) is 1. The van der Waals surface area contributed by atoms with Gasteiger partial charge in [-0.25, -0.2) is 0 Å². The molecule has 0 bridgehead atoms. The third-order valence-electron chi connectivity index (χ3n) is 2.86. The summed E-state index contributed by atoms with van der Waals surface area (Å²) >= 11 is 0. The van der Waals surface area contributed by atoms with Gasteiger partial charge in [-0.05, 0) is 19.3 Å². The summed E-state index contributed by atoms with van der Waals surface area (Å²) in [6, 6.07) is 0.638. The van der Waals surface area contributed by atoms with Crippen molar-refractivity contribution in [3.63, 3.8) is 0 Å². The molecular weight excluding hydrogens is 164 g/mol. The number of hydrazone groups is 1. The Balaban J connectivity index is 1.65. The Bertz CT molecular complexity index is 170. The minimum atomic E-state index is 0.550. The van der Waals surface area contributed by atoms with Crippen LogP contribution in [0.4, 0.5) is 0 Å². The Morgan fingerprint density at radius 2 is 2.08 bits per heavy atom. The van der Waals surface area contributed by atoms with E-state index >= 15 is 0 Å². The molecular formula is C10H18N2O. The average Bonchev–Trinajstić information content (AvgIpc) is 2.75. The van der Waals surface area contributed by atoms with E-state index in [1.54, 1.807) is 0 Å². The highest BCUT2D eigenvalue weighted by atomic mass is 16.5. The summed E-state index contributed by atoms with van der Waals surface area (Å²) in [4.78, 5) is 0. The molecule has 13 heavy (non-hydrogen) atoms. The highest BCUT2D eigenvalue weighted by molar-refractivity contribution is 5.60. The molecule has 0 aromatic heterocycles. The van der Waals surface area contributed by atoms with Gasteiger partial charge in [-0.15, -0.1) is 0 Å². The number of nitrogens with one attached hydrogen (secondary N) is 1. The lowest BCUT2D eigenvalue weighted by Gasteiger charge is -2.07. The van der Waals surface area contributed by atoms with Crippen LogP contribution in [-0.2, 0) is 4.74 Å². The molecule has 2 fully saturated rings. The molecule has 74 valence electrons. The lowest BCUT2D eigenvalue weighted by Crippen LogP contribution is -2.21. The lowest BCUT2D eigenvalue weighted by molar-refractivity contribution is 0.193. The Hall–Kier alpha value is -0.570. The van der Waals surface area contributed by atoms with Gasteiger partial charge in [0.05, 0.1) is 6.61 Å². The van der Waals surface area contributed by atoms with Gasteiger partial charge in [0.15, 0.2) is 0 Å². The first-order valence-corrected chi connectivity index (χ1v) is 5.31. The molecule has 1 atom stereocenters. The normalized spacial score (nSPS) is 30.3. The van der Waals surface area contributed by atoms with Crippen molar-refractivity contribution in [3.8, 4) is 0 Å². The minimum Gasteiger partial charge on any atom is -0.381 e. The first-order chi connectivity index (χ1) is 6.45. The lowest BCUT2D eigenvalue weighted by atomic mass is 10.1. The fourth-order valence-electron chi connectivity index (χ4n) is 1.98. The van der Waals surface area contributed by atoms with Crippen molar-refractivity contribution in [3.05, 3.63) is 0 Å². The third-order valence-corrected chi connectivity index (χ3v) is 2.86. The van der Waals surface area contributed by atoms with Crippen molar-refractivity contribution >= 4 is 6.21 Å². The second kappa shape index (κ2) is 4.61. The van der Waals surface area contributed by atoms with Crippen molar-refractivity contribution < 1.29 is 4.74 Å². The molecule has 1 aliphatic carbocycles. The van der Waals surface area contributed by atoms with Crippen LogP contribution in [0, 0.1) is 5.92 Å². The van der Waals surface area contributed by atoms with Crippen LogP contribution in [0.15, 0.2) is 5.10 Å². The number of hydrogen-bond acceptors (Lipinski definition) is 3. The summed E-state index contributed by atoms with van der Waals surface area (Å²) in [7, 11) is 0. The fraction of sp³-hybridized carbons (Fsp3) is 0.900. The van der Waals surface area contributed by atoms with Crippen LogP contribution in [0.1, 0.15) is 32.1 Å². The molecule has 0 spiro atoms. The number of hydrogen-bond donors (Lipinski definition) is 1. The molecule has 1 heterocycles. The van der Waals surface area contributed by atoms with Crippen LogP contribution in [-0.4, -0.2) is 25.5 Å². The van der Waals surface area contributed by atoms with Crippen LogP contribution < -0.4 is 5.43 Å². The first-order valence-electron chi connectivity index (χ1n) is 5.31. The Kier molecular flexibility index (Phi) is 3.19. The van der Waals surface area contributed by atoms with E-state index in [2.05, 4.69) is 10.5 Å². The molecule has 1 saturated heterocycles. The largest absolute Gasteiger partial charge is 0.381 e. The fourth-order valence-corrected chi connectivity index (χ4v) is 1.98. The summed E-state index contributed by atoms with van der Waals surface area (Å²) in [5.41, 5.74) is 3.22. The Morgan fingerprint density at radius 3 is 2.77 bits per heavy atom. The van der Waals surface area contributed by atoms with Crippen LogP contribution in [0.5, 0.6) is 0 Å². The SMILES string of the molecule is C(=N\NC1CCCC1)/C1CCOC1. The van der Waals surface area contributed by atoms with Crippen molar-refractivity contribution in [2.75, 3.05) is 13.2 Å². The third kappa shape index (κ3) is 2.69. The molecule has 0 radical (unpaired) electrons. The topological polar surface area (TPSA) is 33.6 Å². The van der Waals surface area contributed by atoms with Gasteiger partial charge >= 0.3 is 0 Å². The van der Waals surface area contributed by atoms with E-state index in [0.29, 0.717) is 12.0 Å². The smallest absolute Gasteiger partial charge is 0.0545 e. The second-order valence-electron chi connectivity index (χ2n) is 4.01. The Morgan fingerprint density at radius 1 is 1.23 bits per heavy atom. The summed E-state index contributed by atoms with van der Waals surface area (Å²) in [6.07, 6.45) is 8.46. The highest BCUT2D eigenvalue weighted by Gasteiger charge is 2.15. The zero-order chi connectivity index (χ0) is 8.93. The molecule has 0 aromatic carbocycles. The van der Waals surface area contributed by atoms with E-state index in [-0.39, 0.29) is 0 Å². The van der Waals surface area contributed by atoms with Crippen LogP contribution in [0.2, 0.25) is 0 Å². The maximum absolute atomic E-state index is 5.26. The van der Waals surface area contributed by atoms with Gasteiger partial charge in [-0.3, -0.25) is 0 Å². The van der Waals surface area contributed by atoms with E-state index in [9.17, 15) is 0 Å². The van der Waals surface area contributed by atoms with E-state index in [0.717, 1.165) is 19.6 Å². The quantitative estimate of drug-likeness (QED) is 0.530. The van der Waals surface area contributed by atoms with Crippen LogP contribution in [0.3, 0.4) is 0 Å². The van der Waals surface area contributed by atoms with E-state index < -0.39 is 0 Å². The van der Waals surface area contributed by atoms with Crippen molar-refractivity contribution in [2.24, 2.45) is 11.0 Å². The van der Waals surface area contributed by atoms with Gasteiger partial charge in [-0.2, -0.15) is 5.10 Å². The molecule has 3 heteroatoms. The molecule has 3 nitrogen and oxygen atoms in total. The van der Waals surface area contributed by atoms with Gasteiger partial charge in [0.25, 0.3) is 0 Å². The maximum atomic E-state index is 5.26. The number of ether oxygens (including phenoxy) is 1. The standard InChI is InChI=1S/C10H18N2O/c1-2-4-10(3-1)12-11-7-9-5-6-13-8-9/h7,9-10,12H,1-6,8H2/b11-7+. The highest BCUT2D eigenvalue weighted by Crippen LogP contribution is 2.17. The number of rotatable bonds is 3. The van der Waals surface area contributed by atoms with Crippen molar-refractivity contribution in [1.29, 1.82) is 0 Å². The van der Waals surface area contributed by atoms with Crippen LogP contribution in [0.25, 0.3) is 0 Å². The van der Waals surface area contributed by atoms with Crippen LogP contribution >= 0.6 is 0 Å². The van der Waals surface area contributed by atoms with Gasteiger partial charge in [-0.1, -0.05) is 12.8 Å². The predicted molar refractivity (Wildman–Crippen MR) is 52.8 cm³/mol. The Labute approximate surface area is 79.5 Å². The predicted octanol–water partition coefficient (Wildman–Crippen LogP) is 1.54. The zero-order valence-corrected chi connectivity index (χ0v) is 8.04. The average molecular weight is 182 g/mol.